The highest BCUT2D eigenvalue weighted by Gasteiger charge is 2.25. The number of aromatic nitrogens is 1. The minimum atomic E-state index is 0.337. The maximum Gasteiger partial charge on any atom is 0.165 e. The molecule has 2 nitrogen and oxygen atoms in total. The summed E-state index contributed by atoms with van der Waals surface area (Å²) >= 11 is 0. The number of hydrogen-bond donors (Lipinski definition) is 1. The molecule has 0 spiro atoms. The average molecular weight is 191 g/mol. The summed E-state index contributed by atoms with van der Waals surface area (Å²) in [7, 11) is 0. The lowest BCUT2D eigenvalue weighted by Crippen LogP contribution is -2.18. The lowest BCUT2D eigenvalue weighted by Gasteiger charge is -2.17. The number of H-pyrrole nitrogens is 1. The number of hydrogen-bond acceptors (Lipinski definition) is 1. The van der Waals surface area contributed by atoms with E-state index in [0.29, 0.717) is 11.7 Å². The number of fused-ring (bicyclic) bond motifs is 1. The molecular weight excluding hydrogens is 174 g/mol. The van der Waals surface area contributed by atoms with Crippen LogP contribution in [0.1, 0.15) is 48.3 Å². The monoisotopic (exact) mass is 191 g/mol. The summed E-state index contributed by atoms with van der Waals surface area (Å²) in [4.78, 5) is 15.1. The molecular formula is C12H17NO. The standard InChI is InChI=1S/C12H17NO/c1-3-4-9-7-13-10-5-8(2)6-11(14)12(9)10/h7-8,13H,3-6H2,1-2H3. The van der Waals surface area contributed by atoms with Crippen molar-refractivity contribution < 1.29 is 4.79 Å². The zero-order valence-electron chi connectivity index (χ0n) is 8.89. The highest BCUT2D eigenvalue weighted by molar-refractivity contribution is 5.99. The summed E-state index contributed by atoms with van der Waals surface area (Å²) in [6.07, 6.45) is 5.90. The Hall–Kier alpha value is -1.05. The molecule has 1 heterocycles. The lowest BCUT2D eigenvalue weighted by molar-refractivity contribution is 0.0952. The third kappa shape index (κ3) is 1.49. The van der Waals surface area contributed by atoms with Crippen LogP contribution in [-0.4, -0.2) is 10.8 Å². The molecule has 0 radical (unpaired) electrons. The van der Waals surface area contributed by atoms with E-state index in [1.165, 1.54) is 5.56 Å². The van der Waals surface area contributed by atoms with E-state index in [0.717, 1.165) is 36.9 Å². The molecule has 1 aromatic heterocycles. The largest absolute Gasteiger partial charge is 0.364 e. The zero-order chi connectivity index (χ0) is 10.1. The Kier molecular flexibility index (Phi) is 2.44. The Balaban J connectivity index is 2.36. The van der Waals surface area contributed by atoms with E-state index in [1.54, 1.807) is 0 Å². The fourth-order valence-corrected chi connectivity index (χ4v) is 2.33. The third-order valence-corrected chi connectivity index (χ3v) is 2.93. The van der Waals surface area contributed by atoms with Crippen molar-refractivity contribution in [2.45, 2.75) is 39.5 Å². The van der Waals surface area contributed by atoms with Crippen molar-refractivity contribution >= 4 is 5.78 Å². The fraction of sp³-hybridized carbons (Fsp3) is 0.583. The van der Waals surface area contributed by atoms with Gasteiger partial charge < -0.3 is 4.98 Å². The van der Waals surface area contributed by atoms with Gasteiger partial charge in [0.15, 0.2) is 5.78 Å². The quantitative estimate of drug-likeness (QED) is 0.766. The first-order valence-corrected chi connectivity index (χ1v) is 5.44. The van der Waals surface area contributed by atoms with Gasteiger partial charge in [-0.2, -0.15) is 0 Å². The van der Waals surface area contributed by atoms with Crippen molar-refractivity contribution in [3.05, 3.63) is 23.0 Å². The van der Waals surface area contributed by atoms with Crippen LogP contribution in [0, 0.1) is 5.92 Å². The molecule has 1 aliphatic carbocycles. The van der Waals surface area contributed by atoms with Crippen LogP contribution in [0.25, 0.3) is 0 Å². The van der Waals surface area contributed by atoms with E-state index >= 15 is 0 Å². The average Bonchev–Trinajstić information content (AvgIpc) is 2.49. The van der Waals surface area contributed by atoms with Crippen LogP contribution in [-0.2, 0) is 12.8 Å². The number of rotatable bonds is 2. The highest BCUT2D eigenvalue weighted by Crippen LogP contribution is 2.27. The summed E-state index contributed by atoms with van der Waals surface area (Å²) < 4.78 is 0. The molecule has 2 heteroatoms. The Morgan fingerprint density at radius 1 is 1.50 bits per heavy atom. The van der Waals surface area contributed by atoms with E-state index in [2.05, 4.69) is 18.8 Å². The maximum atomic E-state index is 11.8. The smallest absolute Gasteiger partial charge is 0.165 e. The molecule has 14 heavy (non-hydrogen) atoms. The van der Waals surface area contributed by atoms with Gasteiger partial charge in [0.05, 0.1) is 0 Å². The highest BCUT2D eigenvalue weighted by atomic mass is 16.1. The third-order valence-electron chi connectivity index (χ3n) is 2.93. The zero-order valence-corrected chi connectivity index (χ0v) is 8.89. The van der Waals surface area contributed by atoms with Crippen molar-refractivity contribution in [2.24, 2.45) is 5.92 Å². The molecule has 76 valence electrons. The molecule has 0 amide bonds. The van der Waals surface area contributed by atoms with E-state index in [4.69, 9.17) is 0 Å². The number of ketones is 1. The van der Waals surface area contributed by atoms with E-state index in [-0.39, 0.29) is 0 Å². The Labute approximate surface area is 84.7 Å². The minimum Gasteiger partial charge on any atom is -0.364 e. The number of carbonyl (C=O) groups is 1. The first-order valence-electron chi connectivity index (χ1n) is 5.44. The molecule has 1 N–H and O–H groups in total. The first-order chi connectivity index (χ1) is 6.72. The van der Waals surface area contributed by atoms with Crippen LogP contribution in [0.4, 0.5) is 0 Å². The first kappa shape index (κ1) is 9.50. The molecule has 0 bridgehead atoms. The van der Waals surface area contributed by atoms with E-state index < -0.39 is 0 Å². The molecule has 0 aromatic carbocycles. The van der Waals surface area contributed by atoms with Crippen LogP contribution >= 0.6 is 0 Å². The van der Waals surface area contributed by atoms with Gasteiger partial charge >= 0.3 is 0 Å². The van der Waals surface area contributed by atoms with Gasteiger partial charge in [-0.3, -0.25) is 4.79 Å². The number of aryl methyl sites for hydroxylation is 1. The summed E-state index contributed by atoms with van der Waals surface area (Å²) in [6, 6.07) is 0. The SMILES string of the molecule is CCCc1c[nH]c2c1C(=O)CC(C)C2. The topological polar surface area (TPSA) is 32.9 Å². The van der Waals surface area contributed by atoms with Crippen LogP contribution in [0.15, 0.2) is 6.20 Å². The molecule has 1 aliphatic rings. The van der Waals surface area contributed by atoms with E-state index in [1.807, 2.05) is 6.20 Å². The Morgan fingerprint density at radius 2 is 2.29 bits per heavy atom. The Morgan fingerprint density at radius 3 is 3.00 bits per heavy atom. The minimum absolute atomic E-state index is 0.337. The molecule has 2 rings (SSSR count). The number of Topliss-reactive ketones (excluding diaryl/α,β-unsaturated/α-hetero) is 1. The van der Waals surface area contributed by atoms with Crippen molar-refractivity contribution in [1.82, 2.24) is 4.98 Å². The van der Waals surface area contributed by atoms with Crippen LogP contribution in [0.5, 0.6) is 0 Å². The maximum absolute atomic E-state index is 11.8. The van der Waals surface area contributed by atoms with Crippen LogP contribution < -0.4 is 0 Å². The summed E-state index contributed by atoms with van der Waals surface area (Å²) in [5, 5.41) is 0. The molecule has 1 aromatic rings. The molecule has 0 aliphatic heterocycles. The number of carbonyl (C=O) groups excluding carboxylic acids is 1. The molecule has 1 atom stereocenters. The van der Waals surface area contributed by atoms with Crippen molar-refractivity contribution in [2.75, 3.05) is 0 Å². The molecule has 0 saturated carbocycles. The second-order valence-electron chi connectivity index (χ2n) is 4.35. The van der Waals surface area contributed by atoms with Gasteiger partial charge in [0.1, 0.15) is 0 Å². The van der Waals surface area contributed by atoms with Gasteiger partial charge in [-0.1, -0.05) is 20.3 Å². The van der Waals surface area contributed by atoms with Gasteiger partial charge in [-0.05, 0) is 24.3 Å². The van der Waals surface area contributed by atoms with Crippen LogP contribution in [0.2, 0.25) is 0 Å². The molecule has 0 saturated heterocycles. The van der Waals surface area contributed by atoms with Crippen molar-refractivity contribution in [1.29, 1.82) is 0 Å². The predicted molar refractivity (Wildman–Crippen MR) is 56.6 cm³/mol. The summed E-state index contributed by atoms with van der Waals surface area (Å²) in [5.41, 5.74) is 3.39. The van der Waals surface area contributed by atoms with E-state index in [9.17, 15) is 4.79 Å². The predicted octanol–water partition coefficient (Wildman–Crippen LogP) is 2.73. The van der Waals surface area contributed by atoms with Crippen molar-refractivity contribution in [3.8, 4) is 0 Å². The van der Waals surface area contributed by atoms with Gasteiger partial charge in [0.25, 0.3) is 0 Å². The summed E-state index contributed by atoms with van der Waals surface area (Å²) in [6.45, 7) is 4.29. The Bertz CT molecular complexity index is 338. The second-order valence-corrected chi connectivity index (χ2v) is 4.35. The second kappa shape index (κ2) is 3.60. The van der Waals surface area contributed by atoms with Gasteiger partial charge in [0.2, 0.25) is 0 Å². The van der Waals surface area contributed by atoms with Gasteiger partial charge in [-0.15, -0.1) is 0 Å². The molecule has 0 fully saturated rings. The lowest BCUT2D eigenvalue weighted by atomic mass is 9.86. The number of nitrogens with one attached hydrogen (secondary N) is 1. The van der Waals surface area contributed by atoms with Gasteiger partial charge in [-0.25, -0.2) is 0 Å². The van der Waals surface area contributed by atoms with Gasteiger partial charge in [0, 0.05) is 23.9 Å². The van der Waals surface area contributed by atoms with Crippen molar-refractivity contribution in [3.63, 3.8) is 0 Å². The van der Waals surface area contributed by atoms with Crippen LogP contribution in [0.3, 0.4) is 0 Å². The normalized spacial score (nSPS) is 21.0. The summed E-state index contributed by atoms with van der Waals surface area (Å²) in [5.74, 6) is 0.839. The molecule has 1 unspecified atom stereocenters. The fourth-order valence-electron chi connectivity index (χ4n) is 2.33. The number of aromatic amines is 1.